The maximum absolute atomic E-state index is 12.0. The molecule has 1 amide bonds. The van der Waals surface area contributed by atoms with Crippen LogP contribution in [0.25, 0.3) is 5.69 Å². The molecule has 7 nitrogen and oxygen atoms in total. The van der Waals surface area contributed by atoms with Crippen molar-refractivity contribution in [2.45, 2.75) is 25.0 Å². The van der Waals surface area contributed by atoms with Crippen LogP contribution in [0.3, 0.4) is 0 Å². The normalized spacial score (nSPS) is 12.8. The van der Waals surface area contributed by atoms with Crippen LogP contribution < -0.4 is 5.32 Å². The third-order valence-corrected chi connectivity index (χ3v) is 5.32. The average Bonchev–Trinajstić information content (AvgIpc) is 2.85. The van der Waals surface area contributed by atoms with E-state index in [0.717, 1.165) is 6.26 Å². The minimum atomic E-state index is -3.27. The zero-order valence-electron chi connectivity index (χ0n) is 12.7. The van der Waals surface area contributed by atoms with E-state index in [4.69, 9.17) is 11.6 Å². The van der Waals surface area contributed by atoms with Crippen LogP contribution in [0.5, 0.6) is 0 Å². The van der Waals surface area contributed by atoms with E-state index in [-0.39, 0.29) is 11.6 Å². The van der Waals surface area contributed by atoms with E-state index in [1.807, 2.05) is 0 Å². The van der Waals surface area contributed by atoms with Crippen LogP contribution in [0.15, 0.2) is 30.7 Å². The molecule has 1 unspecified atom stereocenters. The molecule has 2 aromatic rings. The van der Waals surface area contributed by atoms with Gasteiger partial charge in [-0.3, -0.25) is 9.78 Å². The van der Waals surface area contributed by atoms with Crippen LogP contribution in [0, 0.1) is 0 Å². The lowest BCUT2D eigenvalue weighted by atomic mass is 10.2. The van der Waals surface area contributed by atoms with Crippen molar-refractivity contribution in [3.05, 3.63) is 35.9 Å². The molecule has 0 aliphatic rings. The summed E-state index contributed by atoms with van der Waals surface area (Å²) in [5.41, 5.74) is 1.02. The van der Waals surface area contributed by atoms with Crippen molar-refractivity contribution >= 4 is 33.0 Å². The fourth-order valence-electron chi connectivity index (χ4n) is 2.06. The van der Waals surface area contributed by atoms with Crippen LogP contribution in [-0.2, 0) is 14.6 Å². The van der Waals surface area contributed by atoms with E-state index >= 15 is 0 Å². The summed E-state index contributed by atoms with van der Waals surface area (Å²) in [6, 6.07) is 3.54. The van der Waals surface area contributed by atoms with E-state index in [2.05, 4.69) is 15.4 Å². The van der Waals surface area contributed by atoms with Gasteiger partial charge in [-0.15, -0.1) is 0 Å². The first kappa shape index (κ1) is 17.4. The van der Waals surface area contributed by atoms with E-state index in [1.165, 1.54) is 4.68 Å². The van der Waals surface area contributed by atoms with Crippen molar-refractivity contribution in [2.75, 3.05) is 11.6 Å². The Bertz CT molecular complexity index is 790. The second kappa shape index (κ2) is 7.10. The Labute approximate surface area is 139 Å². The van der Waals surface area contributed by atoms with Gasteiger partial charge in [-0.25, -0.2) is 13.1 Å². The molecule has 23 heavy (non-hydrogen) atoms. The summed E-state index contributed by atoms with van der Waals surface area (Å²) in [4.78, 5) is 16.0. The van der Waals surface area contributed by atoms with Crippen LogP contribution in [0.4, 0.5) is 5.69 Å². The summed E-state index contributed by atoms with van der Waals surface area (Å²) >= 11 is 6.01. The van der Waals surface area contributed by atoms with Crippen LogP contribution >= 0.6 is 11.6 Å². The molecule has 0 radical (unpaired) electrons. The fourth-order valence-corrected chi connectivity index (χ4v) is 3.30. The number of amides is 1. The number of carbonyl (C=O) groups excluding carboxylic acids is 1. The number of carbonyl (C=O) groups is 1. The molecule has 0 spiro atoms. The highest BCUT2D eigenvalue weighted by Gasteiger charge is 2.23. The first-order chi connectivity index (χ1) is 10.8. The third-order valence-electron chi connectivity index (χ3n) is 3.33. The van der Waals surface area contributed by atoms with Crippen molar-refractivity contribution < 1.29 is 13.2 Å². The molecule has 9 heteroatoms. The number of hydrogen-bond donors (Lipinski definition) is 1. The Morgan fingerprint density at radius 2 is 2.22 bits per heavy atom. The summed E-state index contributed by atoms with van der Waals surface area (Å²) in [6.07, 6.45) is 6.16. The van der Waals surface area contributed by atoms with Gasteiger partial charge in [-0.2, -0.15) is 5.10 Å². The van der Waals surface area contributed by atoms with Crippen molar-refractivity contribution in [3.8, 4) is 5.69 Å². The molecular weight excluding hydrogens is 340 g/mol. The second-order valence-electron chi connectivity index (χ2n) is 5.10. The Morgan fingerprint density at radius 1 is 1.48 bits per heavy atom. The first-order valence-electron chi connectivity index (χ1n) is 6.95. The lowest BCUT2D eigenvalue weighted by molar-refractivity contribution is -0.116. The van der Waals surface area contributed by atoms with Gasteiger partial charge in [-0.05, 0) is 18.6 Å². The molecule has 0 aliphatic carbocycles. The van der Waals surface area contributed by atoms with Crippen LogP contribution in [0.1, 0.15) is 19.8 Å². The van der Waals surface area contributed by atoms with Crippen molar-refractivity contribution in [3.63, 3.8) is 0 Å². The minimum Gasteiger partial charge on any atom is -0.322 e. The molecule has 0 aromatic carbocycles. The summed E-state index contributed by atoms with van der Waals surface area (Å²) in [6.45, 7) is 1.73. The number of aromatic nitrogens is 3. The molecule has 0 saturated carbocycles. The summed E-state index contributed by atoms with van der Waals surface area (Å²) in [5.74, 6) is -0.421. The van der Waals surface area contributed by atoms with Gasteiger partial charge in [0.25, 0.3) is 0 Å². The fraction of sp³-hybridized carbons (Fsp3) is 0.357. The van der Waals surface area contributed by atoms with Gasteiger partial charge in [-0.1, -0.05) is 18.5 Å². The zero-order valence-corrected chi connectivity index (χ0v) is 14.3. The lowest BCUT2D eigenvalue weighted by Gasteiger charge is -2.12. The van der Waals surface area contributed by atoms with Crippen molar-refractivity contribution in [2.24, 2.45) is 0 Å². The average molecular weight is 357 g/mol. The standard InChI is InChI=1S/C14H17ClN4O3S/c1-3-11(23(2,21)22)7-13(20)17-12-9-19(18-14(12)15)10-5-4-6-16-8-10/h4-6,8-9,11H,3,7H2,1-2H3,(H,17,20). The molecule has 1 atom stereocenters. The molecule has 0 fully saturated rings. The number of sulfone groups is 1. The number of hydrogen-bond acceptors (Lipinski definition) is 5. The molecule has 2 rings (SSSR count). The highest BCUT2D eigenvalue weighted by molar-refractivity contribution is 7.91. The maximum Gasteiger partial charge on any atom is 0.225 e. The number of nitrogens with one attached hydrogen (secondary N) is 1. The van der Waals surface area contributed by atoms with Gasteiger partial charge in [0, 0.05) is 18.9 Å². The van der Waals surface area contributed by atoms with Crippen molar-refractivity contribution in [1.82, 2.24) is 14.8 Å². The molecule has 2 heterocycles. The number of anilines is 1. The number of nitrogens with zero attached hydrogens (tertiary/aromatic N) is 3. The molecule has 0 aliphatic heterocycles. The maximum atomic E-state index is 12.0. The summed E-state index contributed by atoms with van der Waals surface area (Å²) < 4.78 is 24.6. The number of rotatable bonds is 6. The van der Waals surface area contributed by atoms with Gasteiger partial charge < -0.3 is 5.32 Å². The molecule has 124 valence electrons. The second-order valence-corrected chi connectivity index (χ2v) is 7.79. The van der Waals surface area contributed by atoms with Crippen LogP contribution in [-0.4, -0.2) is 40.6 Å². The highest BCUT2D eigenvalue weighted by atomic mass is 35.5. The van der Waals surface area contributed by atoms with Gasteiger partial charge in [0.1, 0.15) is 0 Å². The Hall–Kier alpha value is -1.93. The Kier molecular flexibility index (Phi) is 5.38. The summed E-state index contributed by atoms with van der Waals surface area (Å²) in [5, 5.41) is 6.10. The Morgan fingerprint density at radius 3 is 2.78 bits per heavy atom. The topological polar surface area (TPSA) is 93.9 Å². The van der Waals surface area contributed by atoms with Gasteiger partial charge in [0.2, 0.25) is 5.91 Å². The van der Waals surface area contributed by atoms with E-state index in [1.54, 1.807) is 37.6 Å². The largest absolute Gasteiger partial charge is 0.322 e. The molecular formula is C14H17ClN4O3S. The highest BCUT2D eigenvalue weighted by Crippen LogP contribution is 2.22. The number of pyridine rings is 1. The van der Waals surface area contributed by atoms with E-state index in [9.17, 15) is 13.2 Å². The SMILES string of the molecule is CCC(CC(=O)Nc1cn(-c2cccnc2)nc1Cl)S(C)(=O)=O. The predicted molar refractivity (Wildman–Crippen MR) is 88.5 cm³/mol. The van der Waals surface area contributed by atoms with Gasteiger partial charge in [0.15, 0.2) is 15.0 Å². The van der Waals surface area contributed by atoms with Crippen LogP contribution in [0.2, 0.25) is 5.15 Å². The Balaban J connectivity index is 2.12. The van der Waals surface area contributed by atoms with Gasteiger partial charge >= 0.3 is 0 Å². The molecule has 2 aromatic heterocycles. The quantitative estimate of drug-likeness (QED) is 0.855. The zero-order chi connectivity index (χ0) is 17.0. The first-order valence-corrected chi connectivity index (χ1v) is 9.28. The molecule has 0 saturated heterocycles. The molecule has 1 N–H and O–H groups in total. The smallest absolute Gasteiger partial charge is 0.225 e. The lowest BCUT2D eigenvalue weighted by Crippen LogP contribution is -2.26. The number of halogens is 1. The van der Waals surface area contributed by atoms with E-state index < -0.39 is 21.0 Å². The van der Waals surface area contributed by atoms with Crippen molar-refractivity contribution in [1.29, 1.82) is 0 Å². The minimum absolute atomic E-state index is 0.120. The summed E-state index contributed by atoms with van der Waals surface area (Å²) in [7, 11) is -3.27. The van der Waals surface area contributed by atoms with Gasteiger partial charge in [0.05, 0.1) is 29.0 Å². The predicted octanol–water partition coefficient (Wildman–Crippen LogP) is 2.07. The monoisotopic (exact) mass is 356 g/mol. The molecule has 0 bridgehead atoms. The van der Waals surface area contributed by atoms with E-state index in [0.29, 0.717) is 17.8 Å². The third kappa shape index (κ3) is 4.52.